The number of alkyl halides is 3. The molecule has 13 heteroatoms. The Bertz CT molecular complexity index is 1610. The summed E-state index contributed by atoms with van der Waals surface area (Å²) in [5, 5.41) is 11.7. The van der Waals surface area contributed by atoms with E-state index in [-0.39, 0.29) is 40.5 Å². The molecule has 2 N–H and O–H groups in total. The molecule has 0 saturated carbocycles. The van der Waals surface area contributed by atoms with Crippen molar-refractivity contribution in [1.29, 1.82) is 0 Å². The van der Waals surface area contributed by atoms with Crippen LogP contribution in [0, 0.1) is 11.8 Å². The number of ether oxygens (including phenoxy) is 2. The van der Waals surface area contributed by atoms with Gasteiger partial charge in [-0.1, -0.05) is 17.7 Å². The van der Waals surface area contributed by atoms with Crippen molar-refractivity contribution in [2.75, 3.05) is 58.6 Å². The quantitative estimate of drug-likeness (QED) is 0.167. The number of rotatable bonds is 8. The first-order valence-electron chi connectivity index (χ1n) is 13.9. The van der Waals surface area contributed by atoms with E-state index in [2.05, 4.69) is 45.1 Å². The maximum atomic E-state index is 13.6. The van der Waals surface area contributed by atoms with Gasteiger partial charge in [0, 0.05) is 24.4 Å². The number of nitrogens with one attached hydrogen (secondary N) is 2. The van der Waals surface area contributed by atoms with Crippen LogP contribution in [0.1, 0.15) is 25.5 Å². The van der Waals surface area contributed by atoms with E-state index in [9.17, 15) is 17.7 Å². The van der Waals surface area contributed by atoms with E-state index in [4.69, 9.17) is 9.47 Å². The Morgan fingerprint density at radius 2 is 2.02 bits per heavy atom. The minimum absolute atomic E-state index is 0.0425. The van der Waals surface area contributed by atoms with Crippen LogP contribution in [-0.4, -0.2) is 84.9 Å². The van der Waals surface area contributed by atoms with Crippen LogP contribution in [0.4, 0.5) is 19.0 Å². The van der Waals surface area contributed by atoms with Crippen LogP contribution in [-0.2, 0) is 14.0 Å². The van der Waals surface area contributed by atoms with Gasteiger partial charge in [-0.2, -0.15) is 18.3 Å². The molecule has 0 unspecified atom stereocenters. The number of pyridine rings is 1. The number of aromatic nitrogens is 2. The summed E-state index contributed by atoms with van der Waals surface area (Å²) >= 11 is -0.212. The number of piperidine rings is 1. The predicted molar refractivity (Wildman–Crippen MR) is 164 cm³/mol. The molecule has 0 atom stereocenters. The van der Waals surface area contributed by atoms with Gasteiger partial charge >= 0.3 is 5.51 Å². The Balaban J connectivity index is 1.34. The highest BCUT2D eigenvalue weighted by molar-refractivity contribution is 8.00. The first-order valence-corrected chi connectivity index (χ1v) is 17.4. The molecular formula is C30H35F3N5O3PS. The monoisotopic (exact) mass is 633 g/mol. The molecule has 2 saturated heterocycles. The van der Waals surface area contributed by atoms with Crippen molar-refractivity contribution in [1.82, 2.24) is 19.8 Å². The van der Waals surface area contributed by atoms with E-state index < -0.39 is 12.7 Å². The van der Waals surface area contributed by atoms with Crippen LogP contribution in [0.25, 0.3) is 5.52 Å². The van der Waals surface area contributed by atoms with Crippen molar-refractivity contribution in [2.24, 2.45) is 0 Å². The number of hydrogen-bond donors (Lipinski definition) is 2. The van der Waals surface area contributed by atoms with Crippen LogP contribution in [0.2, 0.25) is 0 Å². The lowest BCUT2D eigenvalue weighted by Crippen LogP contribution is -2.62. The highest BCUT2D eigenvalue weighted by Crippen LogP contribution is 2.48. The zero-order valence-electron chi connectivity index (χ0n) is 24.5. The van der Waals surface area contributed by atoms with Crippen LogP contribution >= 0.6 is 18.9 Å². The highest BCUT2D eigenvalue weighted by atomic mass is 32.2. The van der Waals surface area contributed by atoms with Gasteiger partial charge in [-0.3, -0.25) is 4.90 Å². The number of anilines is 1. The first kappa shape index (κ1) is 31.4. The fraction of sp³-hybridized carbons (Fsp3) is 0.467. The van der Waals surface area contributed by atoms with Crippen molar-refractivity contribution in [2.45, 2.75) is 41.7 Å². The molecule has 0 aromatic carbocycles. The van der Waals surface area contributed by atoms with Gasteiger partial charge < -0.3 is 24.7 Å². The average Bonchev–Trinajstić information content (AvgIpc) is 3.12. The van der Waals surface area contributed by atoms with Crippen molar-refractivity contribution in [3.05, 3.63) is 64.6 Å². The SMILES string of the molecule is COC1=CC(P(C)(C)=O)=CC=C=C1NCC#Cc1nn2c(NC3CCN(C4(C)COC4)CC3)cccc2c1SC(F)(F)F. The minimum Gasteiger partial charge on any atom is -0.494 e. The van der Waals surface area contributed by atoms with Gasteiger partial charge in [0.2, 0.25) is 0 Å². The Kier molecular flexibility index (Phi) is 9.12. The number of thioether (sulfide) groups is 1. The van der Waals surface area contributed by atoms with Crippen LogP contribution in [0.3, 0.4) is 0 Å². The van der Waals surface area contributed by atoms with Crippen molar-refractivity contribution < 1.29 is 27.2 Å². The van der Waals surface area contributed by atoms with Gasteiger partial charge in [-0.15, -0.1) is 0 Å². The van der Waals surface area contributed by atoms with Crippen molar-refractivity contribution in [3.8, 4) is 11.8 Å². The molecule has 5 rings (SSSR count). The molecule has 0 bridgehead atoms. The topological polar surface area (TPSA) is 80.1 Å². The van der Waals surface area contributed by atoms with E-state index >= 15 is 0 Å². The lowest BCUT2D eigenvalue weighted by atomic mass is 9.93. The summed E-state index contributed by atoms with van der Waals surface area (Å²) in [4.78, 5) is 2.41. The van der Waals surface area contributed by atoms with Crippen LogP contribution < -0.4 is 10.6 Å². The standard InChI is InChI=1S/C30H35F3N5O3PS/c1-29(19-41-20-29)37-16-13-21(14-17-37)35-27-12-6-11-25-28(43-30(31,32)33)24(36-38(25)27)10-7-15-34-23-9-5-8-22(42(3,4)39)18-26(23)40-2/h5-6,8,11-12,18,21,34-35H,13-17,19-20H2,1-4H3. The molecule has 0 spiro atoms. The fourth-order valence-electron chi connectivity index (χ4n) is 5.24. The number of methoxy groups -OCH3 is 1. The Morgan fingerprint density at radius 3 is 2.65 bits per heavy atom. The van der Waals surface area contributed by atoms with Gasteiger partial charge in [-0.05, 0) is 81.1 Å². The first-order chi connectivity index (χ1) is 20.4. The van der Waals surface area contributed by atoms with Gasteiger partial charge in [0.15, 0.2) is 5.76 Å². The lowest BCUT2D eigenvalue weighted by Gasteiger charge is -2.49. The van der Waals surface area contributed by atoms with Gasteiger partial charge in [0.25, 0.3) is 0 Å². The molecule has 2 aromatic rings. The molecule has 4 heterocycles. The molecule has 1 aliphatic carbocycles. The third-order valence-corrected chi connectivity index (χ3v) is 10.0. The zero-order valence-corrected chi connectivity index (χ0v) is 26.3. The maximum absolute atomic E-state index is 13.6. The van der Waals surface area contributed by atoms with E-state index in [1.165, 1.54) is 11.6 Å². The summed E-state index contributed by atoms with van der Waals surface area (Å²) in [6.07, 6.45) is 6.86. The second kappa shape index (κ2) is 12.5. The minimum atomic E-state index is -4.51. The summed E-state index contributed by atoms with van der Waals surface area (Å²) < 4.78 is 65.8. The largest absolute Gasteiger partial charge is 0.494 e. The van der Waals surface area contributed by atoms with E-state index in [1.807, 2.05) is 6.07 Å². The second-order valence-electron chi connectivity index (χ2n) is 11.3. The number of nitrogens with zero attached hydrogens (tertiary/aromatic N) is 3. The number of hydrogen-bond acceptors (Lipinski definition) is 8. The summed E-state index contributed by atoms with van der Waals surface area (Å²) in [6, 6.07) is 5.35. The summed E-state index contributed by atoms with van der Waals surface area (Å²) in [5.41, 5.74) is -0.498. The molecule has 43 heavy (non-hydrogen) atoms. The Hall–Kier alpha value is -3.06. The lowest BCUT2D eigenvalue weighted by molar-refractivity contribution is -0.135. The molecule has 3 aliphatic rings. The van der Waals surface area contributed by atoms with Crippen molar-refractivity contribution in [3.63, 3.8) is 0 Å². The summed E-state index contributed by atoms with van der Waals surface area (Å²) in [5.74, 6) is 6.78. The second-order valence-corrected chi connectivity index (χ2v) is 15.6. The maximum Gasteiger partial charge on any atom is 0.446 e. The highest BCUT2D eigenvalue weighted by Gasteiger charge is 2.41. The van der Waals surface area contributed by atoms with E-state index in [0.29, 0.717) is 28.1 Å². The third kappa shape index (κ3) is 7.36. The van der Waals surface area contributed by atoms with Crippen LogP contribution in [0.5, 0.6) is 0 Å². The molecule has 2 aliphatic heterocycles. The van der Waals surface area contributed by atoms with Gasteiger partial charge in [0.05, 0.1) is 42.8 Å². The predicted octanol–water partition coefficient (Wildman–Crippen LogP) is 5.64. The molecule has 8 nitrogen and oxygen atoms in total. The molecule has 230 valence electrons. The van der Waals surface area contributed by atoms with Gasteiger partial charge in [-0.25, -0.2) is 4.52 Å². The van der Waals surface area contributed by atoms with E-state index in [0.717, 1.165) is 39.1 Å². The number of halogens is 3. The number of fused-ring (bicyclic) bond motifs is 1. The third-order valence-electron chi connectivity index (χ3n) is 7.68. The smallest absolute Gasteiger partial charge is 0.446 e. The van der Waals surface area contributed by atoms with Crippen molar-refractivity contribution >= 4 is 30.2 Å². The number of likely N-dealkylation sites (tertiary alicyclic amines) is 1. The molecule has 0 amide bonds. The molecule has 2 fully saturated rings. The normalized spacial score (nSPS) is 19.4. The summed E-state index contributed by atoms with van der Waals surface area (Å²) in [7, 11) is -1.04. The molecule has 2 aromatic heterocycles. The number of allylic oxidation sites excluding steroid dienone is 3. The van der Waals surface area contributed by atoms with E-state index in [1.54, 1.807) is 43.7 Å². The summed E-state index contributed by atoms with van der Waals surface area (Å²) in [6.45, 7) is 8.98. The Labute approximate surface area is 253 Å². The molecule has 0 radical (unpaired) electrons. The average molecular weight is 634 g/mol. The molecular weight excluding hydrogens is 598 g/mol. The Morgan fingerprint density at radius 1 is 1.28 bits per heavy atom. The van der Waals surface area contributed by atoms with Gasteiger partial charge in [0.1, 0.15) is 24.4 Å². The fourth-order valence-corrected chi connectivity index (χ4v) is 6.78. The van der Waals surface area contributed by atoms with Crippen LogP contribution in [0.15, 0.2) is 63.8 Å². The zero-order chi connectivity index (χ0) is 30.8.